The summed E-state index contributed by atoms with van der Waals surface area (Å²) in [5, 5.41) is 0. The Labute approximate surface area is 186 Å². The maximum Gasteiger partial charge on any atom is 0.500 e. The van der Waals surface area contributed by atoms with Crippen molar-refractivity contribution in [1.82, 2.24) is 0 Å². The molecular formula is C24H53O3PSi. The Hall–Kier alpha value is 0.527. The summed E-state index contributed by atoms with van der Waals surface area (Å²) in [4.78, 5) is 0. The van der Waals surface area contributed by atoms with Gasteiger partial charge in [0.1, 0.15) is 0 Å². The second-order valence-corrected chi connectivity index (χ2v) is 14.4. The summed E-state index contributed by atoms with van der Waals surface area (Å²) in [6, 6.07) is 0.944. The predicted molar refractivity (Wildman–Crippen MR) is 134 cm³/mol. The van der Waals surface area contributed by atoms with Crippen LogP contribution in [0.25, 0.3) is 0 Å². The third kappa shape index (κ3) is 15.0. The summed E-state index contributed by atoms with van der Waals surface area (Å²) < 4.78 is 16.8. The second-order valence-electron chi connectivity index (χ2n) is 8.59. The normalized spacial score (nSPS) is 13.3. The lowest BCUT2D eigenvalue weighted by Gasteiger charge is -2.26. The average molecular weight is 449 g/mol. The van der Waals surface area contributed by atoms with Crippen molar-refractivity contribution in [3.05, 3.63) is 0 Å². The highest BCUT2D eigenvalue weighted by molar-refractivity contribution is 7.57. The molecule has 0 aliphatic heterocycles. The number of hydrogen-bond acceptors (Lipinski definition) is 3. The maximum atomic E-state index is 5.60. The maximum absolute atomic E-state index is 5.60. The van der Waals surface area contributed by atoms with Gasteiger partial charge in [-0.15, -0.1) is 7.92 Å². The Kier molecular flexibility index (Phi) is 20.8. The van der Waals surface area contributed by atoms with Crippen molar-refractivity contribution in [2.75, 3.05) is 39.8 Å². The summed E-state index contributed by atoms with van der Waals surface area (Å²) >= 11 is 0. The molecule has 1 unspecified atom stereocenters. The van der Waals surface area contributed by atoms with Crippen LogP contribution in [0.2, 0.25) is 6.04 Å². The first kappa shape index (κ1) is 29.5. The Morgan fingerprint density at radius 3 is 1.59 bits per heavy atom. The van der Waals surface area contributed by atoms with E-state index >= 15 is 0 Å². The van der Waals surface area contributed by atoms with E-state index in [0.29, 0.717) is 0 Å². The van der Waals surface area contributed by atoms with Crippen LogP contribution in [0.4, 0.5) is 0 Å². The van der Waals surface area contributed by atoms with Crippen LogP contribution < -0.4 is 0 Å². The Bertz CT molecular complexity index is 320. The summed E-state index contributed by atoms with van der Waals surface area (Å²) in [5.74, 6) is 0.869. The van der Waals surface area contributed by atoms with Crippen LogP contribution in [0, 0.1) is 5.92 Å². The van der Waals surface area contributed by atoms with Gasteiger partial charge >= 0.3 is 8.80 Å². The fraction of sp³-hybridized carbons (Fsp3) is 1.00. The predicted octanol–water partition coefficient (Wildman–Crippen LogP) is 8.09. The van der Waals surface area contributed by atoms with Crippen molar-refractivity contribution < 1.29 is 13.3 Å². The van der Waals surface area contributed by atoms with Crippen LogP contribution >= 0.6 is 7.92 Å². The molecule has 3 nitrogen and oxygen atoms in total. The Morgan fingerprint density at radius 1 is 0.586 bits per heavy atom. The highest BCUT2D eigenvalue weighted by atomic mass is 31.1. The monoisotopic (exact) mass is 448 g/mol. The molecule has 0 radical (unpaired) electrons. The summed E-state index contributed by atoms with van der Waals surface area (Å²) in [6.45, 7) is 6.97. The fourth-order valence-corrected chi connectivity index (χ4v) is 8.72. The molecule has 0 amide bonds. The van der Waals surface area contributed by atoms with Crippen molar-refractivity contribution in [1.29, 1.82) is 0 Å². The first-order valence-corrected chi connectivity index (χ1v) is 16.3. The number of rotatable bonds is 22. The molecule has 0 aromatic rings. The molecule has 0 spiro atoms. The van der Waals surface area contributed by atoms with Gasteiger partial charge < -0.3 is 13.3 Å². The second kappa shape index (κ2) is 20.4. The molecule has 0 aliphatic carbocycles. The van der Waals surface area contributed by atoms with Crippen molar-refractivity contribution in [2.45, 2.75) is 110 Å². The van der Waals surface area contributed by atoms with Gasteiger partial charge in [-0.2, -0.15) is 0 Å². The van der Waals surface area contributed by atoms with E-state index < -0.39 is 8.80 Å². The molecule has 0 N–H and O–H groups in total. The SMILES string of the molecule is CCCCCCP(CCCCCC)CCC(CCC)CCC[Si](OC)(OC)OC. The third-order valence-electron chi connectivity index (χ3n) is 6.23. The Morgan fingerprint density at radius 2 is 1.14 bits per heavy atom. The van der Waals surface area contributed by atoms with Gasteiger partial charge in [0, 0.05) is 27.4 Å². The molecule has 0 aromatic heterocycles. The van der Waals surface area contributed by atoms with Crippen LogP contribution in [0.5, 0.6) is 0 Å². The van der Waals surface area contributed by atoms with E-state index in [1.54, 1.807) is 21.3 Å². The molecule has 0 heterocycles. The van der Waals surface area contributed by atoms with E-state index in [1.165, 1.54) is 95.5 Å². The molecule has 0 aromatic carbocycles. The van der Waals surface area contributed by atoms with Gasteiger partial charge in [0.05, 0.1) is 0 Å². The first-order valence-electron chi connectivity index (χ1n) is 12.5. The van der Waals surface area contributed by atoms with Crippen molar-refractivity contribution >= 4 is 16.7 Å². The highest BCUT2D eigenvalue weighted by Crippen LogP contribution is 2.41. The molecule has 1 atom stereocenters. The topological polar surface area (TPSA) is 27.7 Å². The zero-order chi connectivity index (χ0) is 21.8. The van der Waals surface area contributed by atoms with E-state index in [2.05, 4.69) is 20.8 Å². The van der Waals surface area contributed by atoms with Crippen LogP contribution in [0.1, 0.15) is 104 Å². The number of unbranched alkanes of at least 4 members (excludes halogenated alkanes) is 6. The molecular weight excluding hydrogens is 395 g/mol. The van der Waals surface area contributed by atoms with Crippen LogP contribution in [0.15, 0.2) is 0 Å². The van der Waals surface area contributed by atoms with Crippen molar-refractivity contribution in [3.8, 4) is 0 Å². The molecule has 5 heteroatoms. The third-order valence-corrected chi connectivity index (χ3v) is 11.9. The molecule has 0 rings (SSSR count). The first-order chi connectivity index (χ1) is 14.1. The zero-order valence-electron chi connectivity index (χ0n) is 20.8. The lowest BCUT2D eigenvalue weighted by Crippen LogP contribution is -2.42. The van der Waals surface area contributed by atoms with E-state index in [9.17, 15) is 0 Å². The van der Waals surface area contributed by atoms with Gasteiger partial charge in [-0.3, -0.25) is 0 Å². The van der Waals surface area contributed by atoms with Gasteiger partial charge in [-0.25, -0.2) is 0 Å². The van der Waals surface area contributed by atoms with E-state index in [0.717, 1.165) is 18.4 Å². The van der Waals surface area contributed by atoms with Crippen molar-refractivity contribution in [3.63, 3.8) is 0 Å². The molecule has 176 valence electrons. The summed E-state index contributed by atoms with van der Waals surface area (Å²) in [5.41, 5.74) is 0. The number of hydrogen-bond donors (Lipinski definition) is 0. The molecule has 0 fully saturated rings. The van der Waals surface area contributed by atoms with Gasteiger partial charge in [0.2, 0.25) is 0 Å². The molecule has 0 saturated heterocycles. The van der Waals surface area contributed by atoms with Crippen LogP contribution in [0.3, 0.4) is 0 Å². The zero-order valence-corrected chi connectivity index (χ0v) is 22.7. The largest absolute Gasteiger partial charge is 0.500 e. The molecule has 0 saturated carbocycles. The minimum Gasteiger partial charge on any atom is -0.377 e. The van der Waals surface area contributed by atoms with Gasteiger partial charge in [0.25, 0.3) is 0 Å². The lowest BCUT2D eigenvalue weighted by atomic mass is 9.96. The smallest absolute Gasteiger partial charge is 0.377 e. The van der Waals surface area contributed by atoms with Gasteiger partial charge in [0.15, 0.2) is 0 Å². The quantitative estimate of drug-likeness (QED) is 0.0951. The summed E-state index contributed by atoms with van der Waals surface area (Å²) in [6.07, 6.45) is 22.5. The van der Waals surface area contributed by atoms with Gasteiger partial charge in [-0.05, 0) is 50.1 Å². The van der Waals surface area contributed by atoms with Gasteiger partial charge in [-0.1, -0.05) is 78.6 Å². The van der Waals surface area contributed by atoms with Crippen LogP contribution in [-0.2, 0) is 13.3 Å². The Balaban J connectivity index is 4.47. The molecule has 0 bridgehead atoms. The minimum atomic E-state index is -2.40. The summed E-state index contributed by atoms with van der Waals surface area (Å²) in [7, 11) is 3.04. The molecule has 0 aliphatic rings. The van der Waals surface area contributed by atoms with Crippen molar-refractivity contribution in [2.24, 2.45) is 5.92 Å². The standard InChI is InChI=1S/C24H53O3PSi/c1-7-10-12-14-20-28(21-15-13-11-8-2)22-19-24(17-9-3)18-16-23-29(25-4,26-5)27-6/h24H,7-23H2,1-6H3. The average Bonchev–Trinajstić information content (AvgIpc) is 2.75. The fourth-order valence-electron chi connectivity index (χ4n) is 4.23. The highest BCUT2D eigenvalue weighted by Gasteiger charge is 2.37. The molecule has 29 heavy (non-hydrogen) atoms. The van der Waals surface area contributed by atoms with Crippen LogP contribution in [-0.4, -0.2) is 48.6 Å². The van der Waals surface area contributed by atoms with E-state index in [-0.39, 0.29) is 7.92 Å². The van der Waals surface area contributed by atoms with E-state index in [4.69, 9.17) is 13.3 Å². The van der Waals surface area contributed by atoms with E-state index in [1.807, 2.05) is 0 Å². The minimum absolute atomic E-state index is 0.251. The lowest BCUT2D eigenvalue weighted by molar-refractivity contribution is 0.122.